The Labute approximate surface area is 96.9 Å². The Bertz CT molecular complexity index is 191. The molecule has 0 radical (unpaired) electrons. The molecule has 0 aromatic rings. The monoisotopic (exact) mass is 230 g/mol. The molecular weight excluding hydrogens is 208 g/mol. The van der Waals surface area contributed by atoms with Gasteiger partial charge >= 0.3 is 0 Å². The van der Waals surface area contributed by atoms with Crippen LogP contribution in [0.3, 0.4) is 0 Å². The zero-order valence-corrected chi connectivity index (χ0v) is 9.77. The number of aliphatic hydroxyl groups excluding tert-OH is 1. The fourth-order valence-corrected chi connectivity index (χ4v) is 2.26. The average Bonchev–Trinajstić information content (AvgIpc) is 2.30. The van der Waals surface area contributed by atoms with Gasteiger partial charge in [-0.05, 0) is 25.2 Å². The van der Waals surface area contributed by atoms with Crippen molar-refractivity contribution < 1.29 is 19.3 Å². The Kier molecular flexibility index (Phi) is 5.03. The van der Waals surface area contributed by atoms with Crippen LogP contribution in [0, 0.1) is 5.92 Å². The molecule has 0 spiro atoms. The van der Waals surface area contributed by atoms with Gasteiger partial charge in [-0.25, -0.2) is 0 Å². The zero-order chi connectivity index (χ0) is 11.2. The third kappa shape index (κ3) is 4.01. The summed E-state index contributed by atoms with van der Waals surface area (Å²) >= 11 is 0. The highest BCUT2D eigenvalue weighted by Gasteiger charge is 2.21. The molecule has 2 rings (SSSR count). The summed E-state index contributed by atoms with van der Waals surface area (Å²) in [7, 11) is 0. The quantitative estimate of drug-likeness (QED) is 0.782. The van der Waals surface area contributed by atoms with Crippen molar-refractivity contribution in [2.75, 3.05) is 33.0 Å². The van der Waals surface area contributed by atoms with Crippen LogP contribution in [0.4, 0.5) is 0 Å². The SMILES string of the molecule is OC1CCOC(COCC2CCOCC2)C1. The lowest BCUT2D eigenvalue weighted by Crippen LogP contribution is -2.33. The number of ether oxygens (including phenoxy) is 3. The lowest BCUT2D eigenvalue weighted by molar-refractivity contribution is -0.0858. The van der Waals surface area contributed by atoms with Crippen molar-refractivity contribution >= 4 is 0 Å². The van der Waals surface area contributed by atoms with Gasteiger partial charge in [-0.2, -0.15) is 0 Å². The van der Waals surface area contributed by atoms with E-state index in [1.807, 2.05) is 0 Å². The van der Waals surface area contributed by atoms with Crippen LogP contribution in [0.5, 0.6) is 0 Å². The molecule has 0 saturated carbocycles. The smallest absolute Gasteiger partial charge is 0.0833 e. The number of aliphatic hydroxyl groups is 1. The Morgan fingerprint density at radius 3 is 2.62 bits per heavy atom. The predicted octanol–water partition coefficient (Wildman–Crippen LogP) is 0.969. The standard InChI is InChI=1S/C12H22O4/c13-11-3-6-16-12(7-11)9-15-8-10-1-4-14-5-2-10/h10-13H,1-9H2. The number of rotatable bonds is 4. The Hall–Kier alpha value is -0.160. The lowest BCUT2D eigenvalue weighted by Gasteiger charge is -2.27. The van der Waals surface area contributed by atoms with E-state index < -0.39 is 0 Å². The maximum absolute atomic E-state index is 9.48. The maximum atomic E-state index is 9.48. The van der Waals surface area contributed by atoms with E-state index in [-0.39, 0.29) is 12.2 Å². The van der Waals surface area contributed by atoms with Crippen LogP contribution in [-0.4, -0.2) is 50.3 Å². The molecule has 0 aromatic carbocycles. The zero-order valence-electron chi connectivity index (χ0n) is 9.77. The summed E-state index contributed by atoms with van der Waals surface area (Å²) in [5, 5.41) is 9.48. The minimum absolute atomic E-state index is 0.0867. The van der Waals surface area contributed by atoms with Gasteiger partial charge < -0.3 is 19.3 Å². The Balaban J connectivity index is 1.56. The first kappa shape index (κ1) is 12.3. The van der Waals surface area contributed by atoms with Gasteiger partial charge in [0.2, 0.25) is 0 Å². The van der Waals surface area contributed by atoms with Crippen LogP contribution in [-0.2, 0) is 14.2 Å². The molecule has 0 aromatic heterocycles. The van der Waals surface area contributed by atoms with Crippen molar-refractivity contribution in [2.24, 2.45) is 5.92 Å². The molecule has 2 heterocycles. The molecule has 16 heavy (non-hydrogen) atoms. The molecule has 0 amide bonds. The first-order valence-corrected chi connectivity index (χ1v) is 6.30. The van der Waals surface area contributed by atoms with Crippen molar-refractivity contribution in [2.45, 2.75) is 37.9 Å². The highest BCUT2D eigenvalue weighted by molar-refractivity contribution is 4.70. The summed E-state index contributed by atoms with van der Waals surface area (Å²) in [4.78, 5) is 0. The van der Waals surface area contributed by atoms with E-state index in [2.05, 4.69) is 0 Å². The first-order valence-electron chi connectivity index (χ1n) is 6.30. The number of hydrogen-bond donors (Lipinski definition) is 1. The van der Waals surface area contributed by atoms with Gasteiger partial charge in [-0.1, -0.05) is 0 Å². The van der Waals surface area contributed by atoms with E-state index in [1.54, 1.807) is 0 Å². The van der Waals surface area contributed by atoms with Crippen molar-refractivity contribution in [3.63, 3.8) is 0 Å². The molecule has 2 atom stereocenters. The summed E-state index contributed by atoms with van der Waals surface area (Å²) in [6, 6.07) is 0. The maximum Gasteiger partial charge on any atom is 0.0833 e. The summed E-state index contributed by atoms with van der Waals surface area (Å²) in [5.41, 5.74) is 0. The second kappa shape index (κ2) is 6.55. The molecular formula is C12H22O4. The molecule has 1 N–H and O–H groups in total. The van der Waals surface area contributed by atoms with Crippen LogP contribution in [0.1, 0.15) is 25.7 Å². The van der Waals surface area contributed by atoms with Gasteiger partial charge in [0, 0.05) is 32.8 Å². The molecule has 0 bridgehead atoms. The second-order valence-corrected chi connectivity index (χ2v) is 4.76. The van der Waals surface area contributed by atoms with Crippen LogP contribution < -0.4 is 0 Å². The summed E-state index contributed by atoms with van der Waals surface area (Å²) in [6.45, 7) is 3.82. The molecule has 2 aliphatic heterocycles. The molecule has 4 heteroatoms. The van der Waals surface area contributed by atoms with Gasteiger partial charge in [0.05, 0.1) is 18.8 Å². The third-order valence-corrected chi connectivity index (χ3v) is 3.34. The topological polar surface area (TPSA) is 47.9 Å². The van der Waals surface area contributed by atoms with E-state index in [4.69, 9.17) is 14.2 Å². The molecule has 94 valence electrons. The highest BCUT2D eigenvalue weighted by atomic mass is 16.5. The molecule has 2 fully saturated rings. The summed E-state index contributed by atoms with van der Waals surface area (Å²) < 4.78 is 16.5. The van der Waals surface area contributed by atoms with E-state index in [0.717, 1.165) is 39.1 Å². The summed E-state index contributed by atoms with van der Waals surface area (Å²) in [5.74, 6) is 0.641. The summed E-state index contributed by atoms with van der Waals surface area (Å²) in [6.07, 6.45) is 3.57. The Morgan fingerprint density at radius 2 is 1.88 bits per heavy atom. The fourth-order valence-electron chi connectivity index (χ4n) is 2.26. The first-order chi connectivity index (χ1) is 7.84. The van der Waals surface area contributed by atoms with E-state index in [9.17, 15) is 5.11 Å². The average molecular weight is 230 g/mol. The normalized spacial score (nSPS) is 32.8. The van der Waals surface area contributed by atoms with Crippen LogP contribution in [0.15, 0.2) is 0 Å². The fraction of sp³-hybridized carbons (Fsp3) is 1.00. The molecule has 2 saturated heterocycles. The minimum Gasteiger partial charge on any atom is -0.393 e. The van der Waals surface area contributed by atoms with Crippen molar-refractivity contribution in [3.8, 4) is 0 Å². The van der Waals surface area contributed by atoms with Crippen LogP contribution >= 0.6 is 0 Å². The van der Waals surface area contributed by atoms with Crippen molar-refractivity contribution in [1.82, 2.24) is 0 Å². The van der Waals surface area contributed by atoms with E-state index in [1.165, 1.54) is 0 Å². The number of hydrogen-bond acceptors (Lipinski definition) is 4. The van der Waals surface area contributed by atoms with Crippen LogP contribution in [0.2, 0.25) is 0 Å². The van der Waals surface area contributed by atoms with Crippen molar-refractivity contribution in [1.29, 1.82) is 0 Å². The van der Waals surface area contributed by atoms with Gasteiger partial charge in [-0.15, -0.1) is 0 Å². The largest absolute Gasteiger partial charge is 0.393 e. The minimum atomic E-state index is -0.203. The highest BCUT2D eigenvalue weighted by Crippen LogP contribution is 2.17. The van der Waals surface area contributed by atoms with Gasteiger partial charge in [0.1, 0.15) is 0 Å². The van der Waals surface area contributed by atoms with Crippen molar-refractivity contribution in [3.05, 3.63) is 0 Å². The third-order valence-electron chi connectivity index (χ3n) is 3.34. The Morgan fingerprint density at radius 1 is 1.06 bits per heavy atom. The molecule has 2 aliphatic rings. The predicted molar refractivity (Wildman–Crippen MR) is 59.3 cm³/mol. The van der Waals surface area contributed by atoms with Crippen LogP contribution in [0.25, 0.3) is 0 Å². The van der Waals surface area contributed by atoms with Gasteiger partial charge in [0.15, 0.2) is 0 Å². The van der Waals surface area contributed by atoms with Gasteiger partial charge in [0.25, 0.3) is 0 Å². The molecule has 2 unspecified atom stereocenters. The molecule has 0 aliphatic carbocycles. The van der Waals surface area contributed by atoms with E-state index in [0.29, 0.717) is 25.6 Å². The lowest BCUT2D eigenvalue weighted by atomic mass is 10.0. The molecule has 4 nitrogen and oxygen atoms in total. The second-order valence-electron chi connectivity index (χ2n) is 4.76. The van der Waals surface area contributed by atoms with Gasteiger partial charge in [-0.3, -0.25) is 0 Å². The van der Waals surface area contributed by atoms with E-state index >= 15 is 0 Å².